The molecule has 2 heterocycles. The van der Waals surface area contributed by atoms with E-state index in [9.17, 15) is 0 Å². The SMILES string of the molecule is c1ccc([Se]CCc2c(-c3cccs3)oc(-c3ccccc3)c2[Se]c2ccccc2)cc1. The van der Waals surface area contributed by atoms with E-state index in [2.05, 4.69) is 109 Å². The molecule has 0 amide bonds. The fourth-order valence-corrected chi connectivity index (χ4v) is 8.47. The van der Waals surface area contributed by atoms with E-state index in [1.807, 2.05) is 0 Å². The molecule has 4 heteroatoms. The van der Waals surface area contributed by atoms with Crippen LogP contribution in [0.25, 0.3) is 22.0 Å². The van der Waals surface area contributed by atoms with Crippen molar-refractivity contribution in [1.29, 1.82) is 0 Å². The van der Waals surface area contributed by atoms with Crippen molar-refractivity contribution in [1.82, 2.24) is 0 Å². The number of rotatable bonds is 8. The van der Waals surface area contributed by atoms with Gasteiger partial charge >= 0.3 is 207 Å². The van der Waals surface area contributed by atoms with Gasteiger partial charge in [-0.3, -0.25) is 0 Å². The van der Waals surface area contributed by atoms with Crippen LogP contribution in [0.5, 0.6) is 0 Å². The molecule has 32 heavy (non-hydrogen) atoms. The number of thiophene rings is 1. The Balaban J connectivity index is 1.57. The van der Waals surface area contributed by atoms with Crippen LogP contribution in [0, 0.1) is 0 Å². The third-order valence-corrected chi connectivity index (χ3v) is 10.5. The summed E-state index contributed by atoms with van der Waals surface area (Å²) in [6, 6.07) is 36.6. The molecule has 3 aromatic carbocycles. The van der Waals surface area contributed by atoms with Gasteiger partial charge in [-0.2, -0.15) is 0 Å². The average molecular weight is 564 g/mol. The van der Waals surface area contributed by atoms with Crippen molar-refractivity contribution in [3.8, 4) is 22.0 Å². The molecule has 2 aromatic heterocycles. The van der Waals surface area contributed by atoms with Crippen molar-refractivity contribution in [2.24, 2.45) is 0 Å². The van der Waals surface area contributed by atoms with Crippen molar-refractivity contribution in [3.05, 3.63) is 114 Å². The Hall–Kier alpha value is -2.32. The first kappa shape index (κ1) is 21.5. The second-order valence-corrected chi connectivity index (χ2v) is 12.9. The molecule has 0 aliphatic rings. The summed E-state index contributed by atoms with van der Waals surface area (Å²) in [6.07, 6.45) is 1.04. The molecule has 1 nitrogen and oxygen atoms in total. The van der Waals surface area contributed by atoms with E-state index >= 15 is 0 Å². The van der Waals surface area contributed by atoms with Gasteiger partial charge in [0.15, 0.2) is 0 Å². The van der Waals surface area contributed by atoms with Gasteiger partial charge in [0.2, 0.25) is 0 Å². The molecule has 158 valence electrons. The summed E-state index contributed by atoms with van der Waals surface area (Å²) < 4.78 is 10.9. The predicted molar refractivity (Wildman–Crippen MR) is 139 cm³/mol. The minimum atomic E-state index is 0.181. The van der Waals surface area contributed by atoms with Crippen LogP contribution in [0.4, 0.5) is 0 Å². The Kier molecular flexibility index (Phi) is 7.08. The normalized spacial score (nSPS) is 11.0. The molecule has 0 saturated heterocycles. The molecule has 0 N–H and O–H groups in total. The Morgan fingerprint density at radius 1 is 0.656 bits per heavy atom. The van der Waals surface area contributed by atoms with E-state index in [-0.39, 0.29) is 15.0 Å². The van der Waals surface area contributed by atoms with Crippen LogP contribution in [-0.4, -0.2) is 29.9 Å². The Morgan fingerprint density at radius 3 is 1.97 bits per heavy atom. The summed E-state index contributed by atoms with van der Waals surface area (Å²) in [4.78, 5) is 1.22. The van der Waals surface area contributed by atoms with Gasteiger partial charge in [0.1, 0.15) is 0 Å². The fourth-order valence-electron chi connectivity index (χ4n) is 3.57. The number of hydrogen-bond donors (Lipinski definition) is 0. The van der Waals surface area contributed by atoms with Gasteiger partial charge in [-0.15, -0.1) is 0 Å². The Morgan fingerprint density at radius 2 is 1.31 bits per heavy atom. The molecule has 0 bridgehead atoms. The molecule has 0 unspecified atom stereocenters. The summed E-state index contributed by atoms with van der Waals surface area (Å²) in [6.45, 7) is 0. The molecule has 0 aliphatic heterocycles. The van der Waals surface area contributed by atoms with E-state index in [1.54, 1.807) is 11.3 Å². The van der Waals surface area contributed by atoms with Crippen molar-refractivity contribution in [2.45, 2.75) is 11.7 Å². The fraction of sp³-hybridized carbons (Fsp3) is 0.0714. The average Bonchev–Trinajstić information content (AvgIpc) is 3.50. The molecule has 0 aliphatic carbocycles. The summed E-state index contributed by atoms with van der Waals surface area (Å²) in [5, 5.41) is 3.31. The molecule has 5 aromatic rings. The van der Waals surface area contributed by atoms with E-state index in [0.717, 1.165) is 23.5 Å². The Bertz CT molecular complexity index is 1250. The maximum absolute atomic E-state index is 6.68. The van der Waals surface area contributed by atoms with Crippen LogP contribution in [-0.2, 0) is 6.42 Å². The van der Waals surface area contributed by atoms with Crippen LogP contribution in [0.2, 0.25) is 5.32 Å². The van der Waals surface area contributed by atoms with Gasteiger partial charge < -0.3 is 0 Å². The first-order valence-electron chi connectivity index (χ1n) is 10.5. The van der Waals surface area contributed by atoms with E-state index in [4.69, 9.17) is 4.42 Å². The van der Waals surface area contributed by atoms with Gasteiger partial charge in [-0.05, 0) is 0 Å². The molecule has 0 radical (unpaired) electrons. The van der Waals surface area contributed by atoms with Crippen LogP contribution < -0.4 is 13.4 Å². The third-order valence-electron chi connectivity index (χ3n) is 5.07. The van der Waals surface area contributed by atoms with Crippen molar-refractivity contribution in [3.63, 3.8) is 0 Å². The maximum atomic E-state index is 6.68. The standard InChI is InChI=1S/C28H22OSSe2/c1-4-11-21(12-5-1)26-28(32-23-15-8-3-9-16-23)24(27(29-26)25-17-10-19-30-25)18-20-31-22-13-6-2-7-14-22/h1-17,19H,18,20H2. The molecular formula is C28H22OSSe2. The van der Waals surface area contributed by atoms with Crippen LogP contribution in [0.1, 0.15) is 5.56 Å². The number of benzene rings is 3. The third kappa shape index (κ3) is 5.01. The molecule has 0 fully saturated rings. The van der Waals surface area contributed by atoms with E-state index in [0.29, 0.717) is 15.0 Å². The predicted octanol–water partition coefficient (Wildman–Crippen LogP) is 5.32. The van der Waals surface area contributed by atoms with Crippen LogP contribution in [0.15, 0.2) is 113 Å². The number of furan rings is 1. The van der Waals surface area contributed by atoms with Gasteiger partial charge in [0.25, 0.3) is 0 Å². The quantitative estimate of drug-likeness (QED) is 0.233. The minimum absolute atomic E-state index is 0.181. The zero-order chi connectivity index (χ0) is 21.6. The first-order chi connectivity index (χ1) is 15.9. The van der Waals surface area contributed by atoms with Gasteiger partial charge in [0.05, 0.1) is 0 Å². The van der Waals surface area contributed by atoms with Crippen molar-refractivity contribution >= 4 is 54.6 Å². The van der Waals surface area contributed by atoms with Crippen molar-refractivity contribution < 1.29 is 4.42 Å². The Labute approximate surface area is 205 Å². The molecule has 0 saturated carbocycles. The van der Waals surface area contributed by atoms with Crippen LogP contribution in [0.3, 0.4) is 0 Å². The van der Waals surface area contributed by atoms with Crippen LogP contribution >= 0.6 is 11.3 Å². The molecule has 5 rings (SSSR count). The number of hydrogen-bond acceptors (Lipinski definition) is 2. The molecule has 0 atom stereocenters. The van der Waals surface area contributed by atoms with Gasteiger partial charge in [-0.1, -0.05) is 0 Å². The van der Waals surface area contributed by atoms with E-state index < -0.39 is 0 Å². The zero-order valence-electron chi connectivity index (χ0n) is 17.4. The second-order valence-electron chi connectivity index (χ2n) is 7.24. The van der Waals surface area contributed by atoms with Gasteiger partial charge in [0, 0.05) is 0 Å². The van der Waals surface area contributed by atoms with E-state index in [1.165, 1.54) is 29.1 Å². The van der Waals surface area contributed by atoms with Gasteiger partial charge in [-0.25, -0.2) is 0 Å². The van der Waals surface area contributed by atoms with Crippen molar-refractivity contribution in [2.75, 3.05) is 0 Å². The molecular weight excluding hydrogens is 542 g/mol. The monoisotopic (exact) mass is 566 g/mol. The molecule has 0 spiro atoms. The topological polar surface area (TPSA) is 13.1 Å². The summed E-state index contributed by atoms with van der Waals surface area (Å²) in [5.74, 6) is 2.11. The summed E-state index contributed by atoms with van der Waals surface area (Å²) in [5.41, 5.74) is 2.56. The second kappa shape index (κ2) is 10.5. The summed E-state index contributed by atoms with van der Waals surface area (Å²) >= 11 is 2.40. The zero-order valence-corrected chi connectivity index (χ0v) is 21.7. The first-order valence-corrected chi connectivity index (χ1v) is 15.2. The summed E-state index contributed by atoms with van der Waals surface area (Å²) in [7, 11) is 0.